The second kappa shape index (κ2) is 3.91. The van der Waals surface area contributed by atoms with Gasteiger partial charge < -0.3 is 4.90 Å². The van der Waals surface area contributed by atoms with E-state index in [0.29, 0.717) is 0 Å². The Hall–Kier alpha value is -0.120. The summed E-state index contributed by atoms with van der Waals surface area (Å²) < 4.78 is 0. The molecule has 1 rings (SSSR count). The van der Waals surface area contributed by atoms with Crippen LogP contribution in [0.15, 0.2) is 0 Å². The maximum atomic E-state index is 5.09. The van der Waals surface area contributed by atoms with Crippen molar-refractivity contribution in [3.63, 3.8) is 0 Å². The molecular weight excluding hydrogens is 128 g/mol. The third-order valence-corrected chi connectivity index (χ3v) is 2.10. The molecular formula is C7H16N2O. The van der Waals surface area contributed by atoms with Gasteiger partial charge in [-0.2, -0.15) is 0 Å². The van der Waals surface area contributed by atoms with E-state index < -0.39 is 0 Å². The first-order valence-corrected chi connectivity index (χ1v) is 3.94. The average molecular weight is 144 g/mol. The van der Waals surface area contributed by atoms with Gasteiger partial charge in [0.15, 0.2) is 0 Å². The monoisotopic (exact) mass is 144 g/mol. The molecule has 1 aliphatic heterocycles. The number of hydrogen-bond acceptors (Lipinski definition) is 3. The van der Waals surface area contributed by atoms with Gasteiger partial charge in [0.05, 0.1) is 6.10 Å². The van der Waals surface area contributed by atoms with Crippen LogP contribution in [0.3, 0.4) is 0 Å². The van der Waals surface area contributed by atoms with E-state index in [1.807, 2.05) is 0 Å². The minimum absolute atomic E-state index is 0.272. The quantitative estimate of drug-likeness (QED) is 0.569. The van der Waals surface area contributed by atoms with Crippen molar-refractivity contribution in [2.24, 2.45) is 5.90 Å². The normalized spacial score (nSPS) is 28.8. The zero-order valence-electron chi connectivity index (χ0n) is 6.55. The Morgan fingerprint density at radius 3 is 3.10 bits per heavy atom. The van der Waals surface area contributed by atoms with Gasteiger partial charge in [-0.25, -0.2) is 5.90 Å². The summed E-state index contributed by atoms with van der Waals surface area (Å²) in [4.78, 5) is 7.14. The molecule has 1 saturated heterocycles. The van der Waals surface area contributed by atoms with Crippen LogP contribution in [0.1, 0.15) is 19.8 Å². The first-order valence-electron chi connectivity index (χ1n) is 3.94. The summed E-state index contributed by atoms with van der Waals surface area (Å²) in [6.45, 7) is 5.49. The van der Waals surface area contributed by atoms with Crippen molar-refractivity contribution in [2.45, 2.75) is 25.9 Å². The lowest BCUT2D eigenvalue weighted by Gasteiger charge is -2.30. The van der Waals surface area contributed by atoms with Crippen molar-refractivity contribution < 1.29 is 4.84 Å². The first-order chi connectivity index (χ1) is 4.86. The fourth-order valence-corrected chi connectivity index (χ4v) is 1.41. The van der Waals surface area contributed by atoms with Gasteiger partial charge in [0.25, 0.3) is 0 Å². The third-order valence-electron chi connectivity index (χ3n) is 2.10. The zero-order valence-corrected chi connectivity index (χ0v) is 6.55. The summed E-state index contributed by atoms with van der Waals surface area (Å²) in [5.74, 6) is 5.09. The summed E-state index contributed by atoms with van der Waals surface area (Å²) in [6, 6.07) is 0. The molecule has 1 heterocycles. The predicted octanol–water partition coefficient (Wildman–Crippen LogP) is 0.361. The van der Waals surface area contributed by atoms with Crippen LogP contribution < -0.4 is 5.90 Å². The van der Waals surface area contributed by atoms with E-state index in [1.54, 1.807) is 0 Å². The average Bonchev–Trinajstić information content (AvgIpc) is 2.05. The Balaban J connectivity index is 2.25. The highest BCUT2D eigenvalue weighted by atomic mass is 16.6. The van der Waals surface area contributed by atoms with Crippen molar-refractivity contribution in [3.8, 4) is 0 Å². The number of piperidine rings is 1. The number of nitrogens with zero attached hydrogens (tertiary/aromatic N) is 1. The lowest BCUT2D eigenvalue weighted by molar-refractivity contribution is 0.0000260. The molecule has 1 atom stereocenters. The Bertz CT molecular complexity index is 87.6. The van der Waals surface area contributed by atoms with E-state index in [0.717, 1.165) is 19.5 Å². The molecule has 0 aromatic carbocycles. The zero-order chi connectivity index (χ0) is 7.40. The fourth-order valence-electron chi connectivity index (χ4n) is 1.41. The van der Waals surface area contributed by atoms with Gasteiger partial charge in [0, 0.05) is 6.54 Å². The van der Waals surface area contributed by atoms with Gasteiger partial charge in [-0.1, -0.05) is 6.92 Å². The van der Waals surface area contributed by atoms with Crippen LogP contribution in [-0.4, -0.2) is 30.6 Å². The van der Waals surface area contributed by atoms with E-state index in [1.165, 1.54) is 13.0 Å². The fraction of sp³-hybridized carbons (Fsp3) is 1.00. The molecule has 10 heavy (non-hydrogen) atoms. The van der Waals surface area contributed by atoms with Crippen LogP contribution in [0, 0.1) is 0 Å². The predicted molar refractivity (Wildman–Crippen MR) is 40.4 cm³/mol. The van der Waals surface area contributed by atoms with Crippen LogP contribution in [-0.2, 0) is 4.84 Å². The molecule has 2 N–H and O–H groups in total. The SMILES string of the molecule is CCN1CCC[C@H](ON)C1. The van der Waals surface area contributed by atoms with Crippen LogP contribution in [0.25, 0.3) is 0 Å². The van der Waals surface area contributed by atoms with E-state index >= 15 is 0 Å². The van der Waals surface area contributed by atoms with Gasteiger partial charge in [-0.3, -0.25) is 4.84 Å². The highest BCUT2D eigenvalue weighted by molar-refractivity contribution is 4.71. The van der Waals surface area contributed by atoms with Crippen molar-refractivity contribution in [1.29, 1.82) is 0 Å². The molecule has 0 spiro atoms. The Labute approximate surface area is 62.1 Å². The molecule has 0 bridgehead atoms. The lowest BCUT2D eigenvalue weighted by atomic mass is 10.1. The topological polar surface area (TPSA) is 38.5 Å². The maximum absolute atomic E-state index is 5.09. The van der Waals surface area contributed by atoms with E-state index in [2.05, 4.69) is 11.8 Å². The highest BCUT2D eigenvalue weighted by Crippen LogP contribution is 2.10. The largest absolute Gasteiger partial charge is 0.301 e. The molecule has 60 valence electrons. The lowest BCUT2D eigenvalue weighted by Crippen LogP contribution is -2.40. The van der Waals surface area contributed by atoms with Crippen molar-refractivity contribution in [3.05, 3.63) is 0 Å². The number of likely N-dealkylation sites (tertiary alicyclic amines) is 1. The first kappa shape index (κ1) is 7.98. The molecule has 0 aliphatic carbocycles. The summed E-state index contributed by atoms with van der Waals surface area (Å²) in [7, 11) is 0. The molecule has 0 aromatic rings. The Morgan fingerprint density at radius 2 is 2.50 bits per heavy atom. The van der Waals surface area contributed by atoms with Crippen molar-refractivity contribution >= 4 is 0 Å². The standard InChI is InChI=1S/C7H16N2O/c1-2-9-5-3-4-7(6-9)10-8/h7H,2-6,8H2,1H3/t7-/m0/s1. The molecule has 0 radical (unpaired) electrons. The number of nitrogens with two attached hydrogens (primary N) is 1. The highest BCUT2D eigenvalue weighted by Gasteiger charge is 2.17. The Morgan fingerprint density at radius 1 is 1.70 bits per heavy atom. The summed E-state index contributed by atoms with van der Waals surface area (Å²) in [5.41, 5.74) is 0. The van der Waals surface area contributed by atoms with Gasteiger partial charge in [0.1, 0.15) is 0 Å². The smallest absolute Gasteiger partial charge is 0.0914 e. The molecule has 1 fully saturated rings. The molecule has 3 nitrogen and oxygen atoms in total. The van der Waals surface area contributed by atoms with E-state index in [4.69, 9.17) is 10.7 Å². The van der Waals surface area contributed by atoms with E-state index in [-0.39, 0.29) is 6.10 Å². The van der Waals surface area contributed by atoms with Gasteiger partial charge in [-0.15, -0.1) is 0 Å². The van der Waals surface area contributed by atoms with Gasteiger partial charge >= 0.3 is 0 Å². The summed E-state index contributed by atoms with van der Waals surface area (Å²) in [5, 5.41) is 0. The van der Waals surface area contributed by atoms with Gasteiger partial charge in [-0.05, 0) is 25.9 Å². The maximum Gasteiger partial charge on any atom is 0.0914 e. The molecule has 1 aliphatic rings. The minimum Gasteiger partial charge on any atom is -0.301 e. The van der Waals surface area contributed by atoms with Crippen LogP contribution in [0.4, 0.5) is 0 Å². The van der Waals surface area contributed by atoms with Crippen LogP contribution >= 0.6 is 0 Å². The number of likely N-dealkylation sites (N-methyl/N-ethyl adjacent to an activating group) is 1. The van der Waals surface area contributed by atoms with Gasteiger partial charge in [0.2, 0.25) is 0 Å². The second-order valence-corrected chi connectivity index (χ2v) is 2.79. The summed E-state index contributed by atoms with van der Waals surface area (Å²) in [6.07, 6.45) is 2.61. The molecule has 3 heteroatoms. The minimum atomic E-state index is 0.272. The van der Waals surface area contributed by atoms with Crippen molar-refractivity contribution in [1.82, 2.24) is 4.90 Å². The van der Waals surface area contributed by atoms with E-state index in [9.17, 15) is 0 Å². The number of rotatable bonds is 2. The molecule has 0 unspecified atom stereocenters. The van der Waals surface area contributed by atoms with Crippen LogP contribution in [0.2, 0.25) is 0 Å². The molecule has 0 amide bonds. The molecule has 0 aromatic heterocycles. The second-order valence-electron chi connectivity index (χ2n) is 2.79. The third kappa shape index (κ3) is 1.94. The summed E-state index contributed by atoms with van der Waals surface area (Å²) >= 11 is 0. The van der Waals surface area contributed by atoms with Crippen molar-refractivity contribution in [2.75, 3.05) is 19.6 Å². The Kier molecular flexibility index (Phi) is 3.12. The number of hydrogen-bond donors (Lipinski definition) is 1. The molecule has 0 saturated carbocycles. The van der Waals surface area contributed by atoms with Crippen LogP contribution in [0.5, 0.6) is 0 Å².